The molecule has 6 heteroatoms. The Morgan fingerprint density at radius 2 is 2.14 bits per heavy atom. The number of sulfonamides is 1. The van der Waals surface area contributed by atoms with E-state index in [2.05, 4.69) is 5.92 Å². The van der Waals surface area contributed by atoms with Crippen LogP contribution in [0.1, 0.15) is 24.0 Å². The van der Waals surface area contributed by atoms with E-state index in [1.165, 1.54) is 23.4 Å². The van der Waals surface area contributed by atoms with Crippen LogP contribution >= 0.6 is 0 Å². The monoisotopic (exact) mass is 310 g/mol. The Kier molecular flexibility index (Phi) is 4.67. The Hall–Kier alpha value is -1.42. The molecule has 0 saturated heterocycles. The van der Waals surface area contributed by atoms with Crippen molar-refractivity contribution < 1.29 is 12.8 Å². The molecule has 4 nitrogen and oxygen atoms in total. The number of halogens is 1. The summed E-state index contributed by atoms with van der Waals surface area (Å²) in [5.74, 6) is 2.16. The number of rotatable bonds is 6. The lowest BCUT2D eigenvalue weighted by Crippen LogP contribution is -2.34. The van der Waals surface area contributed by atoms with Gasteiger partial charge in [-0.1, -0.05) is 5.92 Å². The molecule has 21 heavy (non-hydrogen) atoms. The third kappa shape index (κ3) is 3.43. The quantitative estimate of drug-likeness (QED) is 0.812. The Bertz CT molecular complexity index is 676. The summed E-state index contributed by atoms with van der Waals surface area (Å²) in [6.07, 6.45) is 7.29. The molecule has 1 aromatic rings. The van der Waals surface area contributed by atoms with Crippen molar-refractivity contribution in [2.45, 2.75) is 31.2 Å². The van der Waals surface area contributed by atoms with Crippen LogP contribution < -0.4 is 5.73 Å². The molecule has 1 fully saturated rings. The molecule has 0 bridgehead atoms. The fourth-order valence-corrected chi connectivity index (χ4v) is 3.88. The van der Waals surface area contributed by atoms with E-state index < -0.39 is 15.8 Å². The molecule has 0 heterocycles. The van der Waals surface area contributed by atoms with Crippen molar-refractivity contribution in [2.24, 2.45) is 11.7 Å². The van der Waals surface area contributed by atoms with Crippen LogP contribution in [0.5, 0.6) is 0 Å². The zero-order chi connectivity index (χ0) is 15.6. The maximum absolute atomic E-state index is 13.9. The number of terminal acetylenes is 1. The topological polar surface area (TPSA) is 63.4 Å². The summed E-state index contributed by atoms with van der Waals surface area (Å²) in [5.41, 5.74) is 6.05. The van der Waals surface area contributed by atoms with Crippen LogP contribution in [-0.4, -0.2) is 25.8 Å². The van der Waals surface area contributed by atoms with Gasteiger partial charge in [-0.2, -0.15) is 4.31 Å². The molecule has 0 aromatic heterocycles. The van der Waals surface area contributed by atoms with Crippen LogP contribution in [-0.2, 0) is 16.6 Å². The highest BCUT2D eigenvalue weighted by molar-refractivity contribution is 7.89. The lowest BCUT2D eigenvalue weighted by atomic mass is 10.1. The lowest BCUT2D eigenvalue weighted by Gasteiger charge is -2.21. The first kappa shape index (κ1) is 16.0. The molecule has 1 saturated carbocycles. The van der Waals surface area contributed by atoms with E-state index >= 15 is 0 Å². The molecule has 1 aliphatic carbocycles. The van der Waals surface area contributed by atoms with Gasteiger partial charge in [0.1, 0.15) is 5.82 Å². The highest BCUT2D eigenvalue weighted by Gasteiger charge is 2.32. The zero-order valence-electron chi connectivity index (χ0n) is 12.0. The van der Waals surface area contributed by atoms with Crippen LogP contribution in [0.4, 0.5) is 4.39 Å². The van der Waals surface area contributed by atoms with E-state index in [4.69, 9.17) is 12.2 Å². The van der Waals surface area contributed by atoms with Crippen LogP contribution in [0.3, 0.4) is 0 Å². The van der Waals surface area contributed by atoms with Crippen molar-refractivity contribution in [3.63, 3.8) is 0 Å². The van der Waals surface area contributed by atoms with Crippen molar-refractivity contribution >= 4 is 10.0 Å². The first-order valence-electron chi connectivity index (χ1n) is 6.82. The van der Waals surface area contributed by atoms with Gasteiger partial charge in [0, 0.05) is 18.7 Å². The average molecular weight is 310 g/mol. The first-order valence-corrected chi connectivity index (χ1v) is 8.27. The van der Waals surface area contributed by atoms with Gasteiger partial charge in [-0.25, -0.2) is 12.8 Å². The Balaban J connectivity index is 2.45. The van der Waals surface area contributed by atoms with Gasteiger partial charge in [0.2, 0.25) is 10.0 Å². The van der Waals surface area contributed by atoms with E-state index in [1.807, 2.05) is 0 Å². The summed E-state index contributed by atoms with van der Waals surface area (Å²) >= 11 is 0. The van der Waals surface area contributed by atoms with Gasteiger partial charge in [0.05, 0.1) is 11.4 Å². The Labute approximate surface area is 125 Å². The van der Waals surface area contributed by atoms with Gasteiger partial charge in [-0.05, 0) is 43.4 Å². The van der Waals surface area contributed by atoms with Gasteiger partial charge in [0.25, 0.3) is 0 Å². The fourth-order valence-electron chi connectivity index (χ4n) is 2.17. The number of hydrogen-bond donors (Lipinski definition) is 1. The largest absolute Gasteiger partial charge is 0.326 e. The van der Waals surface area contributed by atoms with Gasteiger partial charge < -0.3 is 5.73 Å². The summed E-state index contributed by atoms with van der Waals surface area (Å²) in [6.45, 7) is 1.92. The standard InChI is InChI=1S/C15H19FN2O2S/c1-3-6-18(10-12-4-5-12)21(19,20)15-8-13(9-17)7-14(16)11(15)2/h1,7-8,12H,4-6,9-10,17H2,2H3. The maximum atomic E-state index is 13.9. The summed E-state index contributed by atoms with van der Waals surface area (Å²) in [7, 11) is -3.81. The molecule has 0 amide bonds. The van der Waals surface area contributed by atoms with E-state index in [1.54, 1.807) is 0 Å². The van der Waals surface area contributed by atoms with Crippen molar-refractivity contribution in [3.8, 4) is 12.3 Å². The van der Waals surface area contributed by atoms with Gasteiger partial charge in [-0.15, -0.1) is 6.42 Å². The molecule has 1 aromatic carbocycles. The number of benzene rings is 1. The predicted octanol–water partition coefficient (Wildman–Crippen LogP) is 1.63. The Morgan fingerprint density at radius 3 is 2.67 bits per heavy atom. The molecule has 2 N–H and O–H groups in total. The number of nitrogens with two attached hydrogens (primary N) is 1. The molecule has 0 radical (unpaired) electrons. The summed E-state index contributed by atoms with van der Waals surface area (Å²) < 4.78 is 40.7. The third-order valence-corrected chi connectivity index (χ3v) is 5.57. The van der Waals surface area contributed by atoms with Crippen LogP contribution in [0.2, 0.25) is 0 Å². The van der Waals surface area contributed by atoms with Crippen molar-refractivity contribution in [1.29, 1.82) is 0 Å². The lowest BCUT2D eigenvalue weighted by molar-refractivity contribution is 0.429. The average Bonchev–Trinajstić information content (AvgIpc) is 3.25. The maximum Gasteiger partial charge on any atom is 0.244 e. The molecule has 0 aliphatic heterocycles. The van der Waals surface area contributed by atoms with Gasteiger partial charge in [-0.3, -0.25) is 0 Å². The van der Waals surface area contributed by atoms with Crippen molar-refractivity contribution in [2.75, 3.05) is 13.1 Å². The first-order chi connectivity index (χ1) is 9.90. The number of nitrogens with zero attached hydrogens (tertiary/aromatic N) is 1. The highest BCUT2D eigenvalue weighted by atomic mass is 32.2. The van der Waals surface area contributed by atoms with Crippen molar-refractivity contribution in [1.82, 2.24) is 4.31 Å². The summed E-state index contributed by atoms with van der Waals surface area (Å²) in [4.78, 5) is -0.0427. The SMILES string of the molecule is C#CCN(CC1CC1)S(=O)(=O)c1cc(CN)cc(F)c1C. The molecule has 2 rings (SSSR count). The van der Waals surface area contributed by atoms with Gasteiger partial charge >= 0.3 is 0 Å². The summed E-state index contributed by atoms with van der Waals surface area (Å²) in [5, 5.41) is 0. The summed E-state index contributed by atoms with van der Waals surface area (Å²) in [6, 6.07) is 2.70. The second kappa shape index (κ2) is 6.14. The molecule has 0 spiro atoms. The van der Waals surface area contributed by atoms with E-state index in [-0.39, 0.29) is 23.5 Å². The van der Waals surface area contributed by atoms with Crippen LogP contribution in [0, 0.1) is 31.0 Å². The molecule has 0 unspecified atom stereocenters. The normalized spacial score (nSPS) is 15.2. The van der Waals surface area contributed by atoms with E-state index in [9.17, 15) is 12.8 Å². The van der Waals surface area contributed by atoms with Crippen LogP contribution in [0.15, 0.2) is 17.0 Å². The minimum absolute atomic E-state index is 0.00720. The number of hydrogen-bond acceptors (Lipinski definition) is 3. The molecular formula is C15H19FN2O2S. The van der Waals surface area contributed by atoms with Gasteiger partial charge in [0.15, 0.2) is 0 Å². The van der Waals surface area contributed by atoms with Crippen molar-refractivity contribution in [3.05, 3.63) is 29.1 Å². The molecule has 114 valence electrons. The molecule has 1 aliphatic rings. The molecular weight excluding hydrogens is 291 g/mol. The fraction of sp³-hybridized carbons (Fsp3) is 0.467. The zero-order valence-corrected chi connectivity index (χ0v) is 12.8. The minimum Gasteiger partial charge on any atom is -0.326 e. The second-order valence-electron chi connectivity index (χ2n) is 5.35. The predicted molar refractivity (Wildman–Crippen MR) is 79.3 cm³/mol. The third-order valence-electron chi connectivity index (χ3n) is 3.64. The van der Waals surface area contributed by atoms with E-state index in [0.29, 0.717) is 18.0 Å². The second-order valence-corrected chi connectivity index (χ2v) is 7.26. The van der Waals surface area contributed by atoms with Crippen LogP contribution in [0.25, 0.3) is 0 Å². The highest BCUT2D eigenvalue weighted by Crippen LogP contribution is 2.32. The molecule has 0 atom stereocenters. The minimum atomic E-state index is -3.81. The smallest absolute Gasteiger partial charge is 0.244 e. The van der Waals surface area contributed by atoms with E-state index in [0.717, 1.165) is 12.8 Å². The Morgan fingerprint density at radius 1 is 1.48 bits per heavy atom.